The number of nitrogens with one attached hydrogen (secondary N) is 1. The number of alkyl carbamates (subject to hydrolysis) is 1. The van der Waals surface area contributed by atoms with Gasteiger partial charge in [0.1, 0.15) is 6.61 Å². The van der Waals surface area contributed by atoms with Gasteiger partial charge in [-0.25, -0.2) is 9.59 Å². The molecule has 3 rings (SSSR count). The van der Waals surface area contributed by atoms with E-state index < -0.39 is 56.5 Å². The van der Waals surface area contributed by atoms with Gasteiger partial charge in [-0.3, -0.25) is 0 Å². The first kappa shape index (κ1) is 21.4. The summed E-state index contributed by atoms with van der Waals surface area (Å²) in [4.78, 5) is 24.4. The third-order valence-electron chi connectivity index (χ3n) is 5.70. The zero-order valence-electron chi connectivity index (χ0n) is 26.2. The summed E-state index contributed by atoms with van der Waals surface area (Å²) in [5, 5.41) is 12.6. The molecule has 0 heterocycles. The standard InChI is InChI=1S/C30H35NO5Si/c1-30(2,3)37(26-17-9-5-10-18-26,27-19-11-6-12-20-27)36-23-25(16-13-21-28(32)33)31-29(34)35-22-24-14-7-4-8-15-24/h4-15,17-21,25H,16,22-23H2,1-3H3,(H,31,34)(H,32,33)/b21-13-/t25-/m0/s1/i13D,16D2,21D,25D. The van der Waals surface area contributed by atoms with Gasteiger partial charge in [-0.15, -0.1) is 0 Å². The maximum absolute atomic E-state index is 13.0. The first-order valence-corrected chi connectivity index (χ1v) is 13.7. The van der Waals surface area contributed by atoms with Crippen LogP contribution >= 0.6 is 0 Å². The second kappa shape index (κ2) is 13.0. The average molecular weight is 523 g/mol. The molecule has 0 saturated heterocycles. The fraction of sp³-hybridized carbons (Fsp3) is 0.267. The van der Waals surface area contributed by atoms with Crippen molar-refractivity contribution >= 4 is 30.8 Å². The quantitative estimate of drug-likeness (QED) is 0.277. The number of ether oxygens (including phenoxy) is 1. The Bertz CT molecular complexity index is 1360. The molecule has 0 fully saturated rings. The Kier molecular flexibility index (Phi) is 7.54. The molecule has 0 aliphatic carbocycles. The van der Waals surface area contributed by atoms with Crippen LogP contribution in [0, 0.1) is 0 Å². The Hall–Kier alpha value is -3.68. The maximum Gasteiger partial charge on any atom is 0.407 e. The predicted octanol–water partition coefficient (Wildman–Crippen LogP) is 4.89. The molecule has 1 atom stereocenters. The third kappa shape index (κ3) is 7.65. The molecule has 0 bridgehead atoms. The van der Waals surface area contributed by atoms with Crippen LogP contribution < -0.4 is 15.7 Å². The highest BCUT2D eigenvalue weighted by atomic mass is 28.4. The summed E-state index contributed by atoms with van der Waals surface area (Å²) in [5.41, 5.74) is 0.648. The number of aliphatic carboxylic acids is 1. The largest absolute Gasteiger partial charge is 0.478 e. The molecule has 2 N–H and O–H groups in total. The molecule has 0 aromatic heterocycles. The van der Waals surface area contributed by atoms with Crippen molar-refractivity contribution in [3.05, 3.63) is 109 Å². The zero-order valence-corrected chi connectivity index (χ0v) is 22.2. The first-order valence-electron chi connectivity index (χ1n) is 14.3. The van der Waals surface area contributed by atoms with E-state index in [1.165, 1.54) is 0 Å². The Labute approximate surface area is 227 Å². The van der Waals surface area contributed by atoms with E-state index in [2.05, 4.69) is 5.32 Å². The van der Waals surface area contributed by atoms with Crippen molar-refractivity contribution < 1.29 is 30.7 Å². The Morgan fingerprint density at radius 1 is 1.00 bits per heavy atom. The lowest BCUT2D eigenvalue weighted by Crippen LogP contribution is -2.67. The van der Waals surface area contributed by atoms with E-state index in [0.29, 0.717) is 5.56 Å². The minimum Gasteiger partial charge on any atom is -0.478 e. The summed E-state index contributed by atoms with van der Waals surface area (Å²) in [7, 11) is -3.36. The van der Waals surface area contributed by atoms with Gasteiger partial charge in [0.2, 0.25) is 0 Å². The van der Waals surface area contributed by atoms with Gasteiger partial charge in [-0.1, -0.05) is 118 Å². The molecule has 0 spiro atoms. The van der Waals surface area contributed by atoms with Gasteiger partial charge in [0.05, 0.1) is 16.7 Å². The Balaban J connectivity index is 2.11. The minimum absolute atomic E-state index is 0.177. The van der Waals surface area contributed by atoms with Crippen molar-refractivity contribution in [2.75, 3.05) is 6.61 Å². The van der Waals surface area contributed by atoms with Gasteiger partial charge in [0.15, 0.2) is 0 Å². The van der Waals surface area contributed by atoms with Crippen LogP contribution in [0.5, 0.6) is 0 Å². The molecule has 6 nitrogen and oxygen atoms in total. The molecule has 0 unspecified atom stereocenters. The fourth-order valence-electron chi connectivity index (χ4n) is 4.09. The molecule has 0 saturated carbocycles. The predicted molar refractivity (Wildman–Crippen MR) is 149 cm³/mol. The molecule has 1 amide bonds. The van der Waals surface area contributed by atoms with Crippen LogP contribution in [-0.2, 0) is 20.6 Å². The van der Waals surface area contributed by atoms with E-state index in [-0.39, 0.29) is 6.61 Å². The van der Waals surface area contributed by atoms with Gasteiger partial charge >= 0.3 is 12.1 Å². The number of benzene rings is 3. The number of carboxylic acid groups (broad SMARTS) is 1. The second-order valence-corrected chi connectivity index (χ2v) is 13.6. The highest BCUT2D eigenvalue weighted by Gasteiger charge is 2.50. The van der Waals surface area contributed by atoms with E-state index in [4.69, 9.17) is 14.6 Å². The van der Waals surface area contributed by atoms with E-state index in [0.717, 1.165) is 10.4 Å². The van der Waals surface area contributed by atoms with E-state index in [1.807, 2.05) is 81.4 Å². The maximum atomic E-state index is 13.0. The smallest absolute Gasteiger partial charge is 0.407 e. The van der Waals surface area contributed by atoms with Crippen molar-refractivity contribution in [3.63, 3.8) is 0 Å². The summed E-state index contributed by atoms with van der Waals surface area (Å²) in [5.74, 6) is -1.84. The molecular formula is C30H35NO5Si. The molecule has 3 aromatic carbocycles. The lowest BCUT2D eigenvalue weighted by Gasteiger charge is -2.43. The van der Waals surface area contributed by atoms with Crippen molar-refractivity contribution in [3.8, 4) is 0 Å². The van der Waals surface area contributed by atoms with Crippen molar-refractivity contribution in [1.29, 1.82) is 0 Å². The van der Waals surface area contributed by atoms with Gasteiger partial charge in [-0.05, 0) is 27.3 Å². The Morgan fingerprint density at radius 3 is 2.00 bits per heavy atom. The van der Waals surface area contributed by atoms with E-state index >= 15 is 0 Å². The van der Waals surface area contributed by atoms with Crippen molar-refractivity contribution in [1.82, 2.24) is 5.32 Å². The molecule has 194 valence electrons. The summed E-state index contributed by atoms with van der Waals surface area (Å²) < 4.78 is 54.5. The van der Waals surface area contributed by atoms with E-state index in [9.17, 15) is 16.1 Å². The number of hydrogen-bond acceptors (Lipinski definition) is 4. The van der Waals surface area contributed by atoms with Crippen LogP contribution in [-0.4, -0.2) is 38.1 Å². The summed E-state index contributed by atoms with van der Waals surface area (Å²) in [6.45, 7) is 4.96. The lowest BCUT2D eigenvalue weighted by molar-refractivity contribution is -0.131. The van der Waals surface area contributed by atoms with Gasteiger partial charge < -0.3 is 19.6 Å². The van der Waals surface area contributed by atoms with Crippen LogP contribution in [0.4, 0.5) is 4.79 Å². The normalized spacial score (nSPS) is 16.5. The molecular weight excluding hydrogens is 482 g/mol. The highest BCUT2D eigenvalue weighted by Crippen LogP contribution is 2.36. The minimum atomic E-state index is -3.36. The Morgan fingerprint density at radius 2 is 1.51 bits per heavy atom. The molecule has 7 heteroatoms. The number of carbonyl (C=O) groups excluding carboxylic acids is 1. The number of carbonyl (C=O) groups is 2. The number of rotatable bonds is 11. The topological polar surface area (TPSA) is 84.9 Å². The third-order valence-corrected chi connectivity index (χ3v) is 10.7. The molecule has 37 heavy (non-hydrogen) atoms. The number of hydrogen-bond donors (Lipinski definition) is 2. The van der Waals surface area contributed by atoms with Crippen LogP contribution in [0.25, 0.3) is 0 Å². The molecule has 3 aromatic rings. The van der Waals surface area contributed by atoms with E-state index in [1.54, 1.807) is 30.3 Å². The fourth-order valence-corrected chi connectivity index (χ4v) is 8.60. The molecule has 0 radical (unpaired) electrons. The van der Waals surface area contributed by atoms with Crippen molar-refractivity contribution in [2.45, 2.75) is 44.8 Å². The first-order chi connectivity index (χ1) is 19.7. The SMILES string of the molecule is [2H]/C(C(=O)O)=C(\[2H])C([2H])([2H])[C@@]([2H])(CO[Si](c1ccccc1)(c1ccccc1)C(C)(C)C)NC(=O)OCc1ccccc1. The van der Waals surface area contributed by atoms with Gasteiger partial charge in [-0.2, -0.15) is 0 Å². The lowest BCUT2D eigenvalue weighted by atomic mass is 10.2. The summed E-state index contributed by atoms with van der Waals surface area (Å²) in [6.07, 6.45) is -4.35. The number of amides is 1. The monoisotopic (exact) mass is 522 g/mol. The second-order valence-electron chi connectivity index (χ2n) is 9.30. The summed E-state index contributed by atoms with van der Waals surface area (Å²) >= 11 is 0. The zero-order chi connectivity index (χ0) is 31.2. The molecule has 0 aliphatic rings. The van der Waals surface area contributed by atoms with Crippen molar-refractivity contribution in [2.24, 2.45) is 0 Å². The van der Waals surface area contributed by atoms with Crippen LogP contribution in [0.15, 0.2) is 103 Å². The van der Waals surface area contributed by atoms with Crippen LogP contribution in [0.3, 0.4) is 0 Å². The van der Waals surface area contributed by atoms with Crippen LogP contribution in [0.1, 0.15) is 39.6 Å². The average Bonchev–Trinajstić information content (AvgIpc) is 2.96. The van der Waals surface area contributed by atoms with Gasteiger partial charge in [0, 0.05) is 8.79 Å². The summed E-state index contributed by atoms with van der Waals surface area (Å²) in [6, 6.07) is 22.0. The van der Waals surface area contributed by atoms with Crippen LogP contribution in [0.2, 0.25) is 5.04 Å². The molecule has 0 aliphatic heterocycles. The highest BCUT2D eigenvalue weighted by molar-refractivity contribution is 6.99. The van der Waals surface area contributed by atoms with Gasteiger partial charge in [0.25, 0.3) is 8.32 Å². The number of carboxylic acids is 1.